The lowest BCUT2D eigenvalue weighted by Crippen LogP contribution is -2.38. The highest BCUT2D eigenvalue weighted by atomic mass is 16.2. The number of nitrogens with one attached hydrogen (secondary N) is 1. The summed E-state index contributed by atoms with van der Waals surface area (Å²) >= 11 is 0. The van der Waals surface area contributed by atoms with Gasteiger partial charge in [0.15, 0.2) is 0 Å². The molecule has 1 heterocycles. The molecule has 1 saturated heterocycles. The van der Waals surface area contributed by atoms with Crippen LogP contribution in [-0.2, 0) is 9.59 Å². The van der Waals surface area contributed by atoms with Crippen LogP contribution >= 0.6 is 0 Å². The van der Waals surface area contributed by atoms with Gasteiger partial charge >= 0.3 is 0 Å². The zero-order valence-corrected chi connectivity index (χ0v) is 16.4. The van der Waals surface area contributed by atoms with E-state index in [2.05, 4.69) is 29.3 Å². The fraction of sp³-hybridized carbons (Fsp3) is 0.391. The van der Waals surface area contributed by atoms with E-state index in [1.54, 1.807) is 0 Å². The molecule has 0 radical (unpaired) electrons. The topological polar surface area (TPSA) is 75.4 Å². The molecule has 1 unspecified atom stereocenters. The molecule has 28 heavy (non-hydrogen) atoms. The van der Waals surface area contributed by atoms with Crippen LogP contribution in [0.5, 0.6) is 0 Å². The third kappa shape index (κ3) is 5.12. The Morgan fingerprint density at radius 2 is 1.71 bits per heavy atom. The van der Waals surface area contributed by atoms with E-state index in [4.69, 9.17) is 5.73 Å². The van der Waals surface area contributed by atoms with Gasteiger partial charge in [-0.25, -0.2) is 0 Å². The van der Waals surface area contributed by atoms with E-state index < -0.39 is 0 Å². The monoisotopic (exact) mass is 379 g/mol. The van der Waals surface area contributed by atoms with Gasteiger partial charge in [0.05, 0.1) is 0 Å². The van der Waals surface area contributed by atoms with Crippen LogP contribution in [0.3, 0.4) is 0 Å². The van der Waals surface area contributed by atoms with Crippen LogP contribution in [0.2, 0.25) is 0 Å². The number of nitrogens with zero attached hydrogens (tertiary/aromatic N) is 1. The van der Waals surface area contributed by atoms with Crippen LogP contribution in [0.15, 0.2) is 54.6 Å². The standard InChI is InChI=1S/C23H29N3O2/c1-2-17(18-6-4-3-5-7-18)16-22(27)25-20-8-10-21(11-9-20)26-14-12-19(13-15-26)23(24)28/h3-11,17,19H,2,12-16H2,1H3,(H2,24,28)(H,25,27). The predicted octanol–water partition coefficient (Wildman–Crippen LogP) is 3.91. The van der Waals surface area contributed by atoms with Gasteiger partial charge in [0.1, 0.15) is 0 Å². The van der Waals surface area contributed by atoms with Crippen LogP contribution < -0.4 is 16.0 Å². The number of carbonyl (C=O) groups is 2. The molecule has 5 heteroatoms. The zero-order chi connectivity index (χ0) is 19.9. The van der Waals surface area contributed by atoms with E-state index in [1.165, 1.54) is 5.56 Å². The van der Waals surface area contributed by atoms with Gasteiger partial charge in [-0.2, -0.15) is 0 Å². The average molecular weight is 380 g/mol. The van der Waals surface area contributed by atoms with Crippen molar-refractivity contribution in [2.45, 2.75) is 38.5 Å². The van der Waals surface area contributed by atoms with Gasteiger partial charge in [0.25, 0.3) is 0 Å². The van der Waals surface area contributed by atoms with Gasteiger partial charge in [-0.1, -0.05) is 37.3 Å². The number of primary amides is 1. The fourth-order valence-corrected chi connectivity index (χ4v) is 3.84. The largest absolute Gasteiger partial charge is 0.371 e. The number of anilines is 2. The Labute approximate surface area is 166 Å². The summed E-state index contributed by atoms with van der Waals surface area (Å²) in [6, 6.07) is 18.1. The van der Waals surface area contributed by atoms with Crippen molar-refractivity contribution in [1.29, 1.82) is 0 Å². The van der Waals surface area contributed by atoms with Gasteiger partial charge in [-0.3, -0.25) is 9.59 Å². The summed E-state index contributed by atoms with van der Waals surface area (Å²) in [7, 11) is 0. The number of benzene rings is 2. The van der Waals surface area contributed by atoms with E-state index in [9.17, 15) is 9.59 Å². The van der Waals surface area contributed by atoms with Crippen molar-refractivity contribution in [2.24, 2.45) is 11.7 Å². The molecule has 3 N–H and O–H groups in total. The second-order valence-electron chi connectivity index (χ2n) is 7.48. The Morgan fingerprint density at radius 3 is 2.29 bits per heavy atom. The third-order valence-electron chi connectivity index (χ3n) is 5.61. The van der Waals surface area contributed by atoms with Crippen molar-refractivity contribution in [3.63, 3.8) is 0 Å². The summed E-state index contributed by atoms with van der Waals surface area (Å²) in [4.78, 5) is 26.0. The van der Waals surface area contributed by atoms with Crippen molar-refractivity contribution in [3.8, 4) is 0 Å². The molecule has 0 spiro atoms. The molecule has 1 fully saturated rings. The molecule has 3 rings (SSSR count). The molecule has 1 atom stereocenters. The molecule has 2 aromatic rings. The first-order valence-electron chi connectivity index (χ1n) is 10.1. The molecule has 5 nitrogen and oxygen atoms in total. The summed E-state index contributed by atoms with van der Waals surface area (Å²) in [6.07, 6.45) is 3.00. The van der Waals surface area contributed by atoms with Crippen LogP contribution in [-0.4, -0.2) is 24.9 Å². The lowest BCUT2D eigenvalue weighted by Gasteiger charge is -2.32. The van der Waals surface area contributed by atoms with E-state index in [0.29, 0.717) is 6.42 Å². The quantitative estimate of drug-likeness (QED) is 0.766. The van der Waals surface area contributed by atoms with Crippen molar-refractivity contribution in [1.82, 2.24) is 0 Å². The normalized spacial score (nSPS) is 15.8. The number of rotatable bonds is 7. The Hall–Kier alpha value is -2.82. The van der Waals surface area contributed by atoms with Gasteiger partial charge in [0.2, 0.25) is 11.8 Å². The summed E-state index contributed by atoms with van der Waals surface area (Å²) in [5.41, 5.74) is 8.52. The predicted molar refractivity (Wildman–Crippen MR) is 113 cm³/mol. The summed E-state index contributed by atoms with van der Waals surface area (Å²) in [6.45, 7) is 3.77. The molecule has 0 aromatic heterocycles. The first-order valence-corrected chi connectivity index (χ1v) is 10.1. The summed E-state index contributed by atoms with van der Waals surface area (Å²) in [5, 5.41) is 3.01. The second kappa shape index (κ2) is 9.40. The molecule has 0 aliphatic carbocycles. The summed E-state index contributed by atoms with van der Waals surface area (Å²) < 4.78 is 0. The van der Waals surface area contributed by atoms with Crippen LogP contribution in [0.4, 0.5) is 11.4 Å². The van der Waals surface area contributed by atoms with E-state index in [-0.39, 0.29) is 23.7 Å². The number of carbonyl (C=O) groups excluding carboxylic acids is 2. The average Bonchev–Trinajstić information content (AvgIpc) is 2.73. The van der Waals surface area contributed by atoms with Crippen molar-refractivity contribution in [2.75, 3.05) is 23.3 Å². The lowest BCUT2D eigenvalue weighted by atomic mass is 9.93. The van der Waals surface area contributed by atoms with Crippen molar-refractivity contribution < 1.29 is 9.59 Å². The summed E-state index contributed by atoms with van der Waals surface area (Å²) in [5.74, 6) is 0.0577. The van der Waals surface area contributed by atoms with Gasteiger partial charge in [0, 0.05) is 36.8 Å². The van der Waals surface area contributed by atoms with Gasteiger partial charge in [-0.15, -0.1) is 0 Å². The number of amides is 2. The van der Waals surface area contributed by atoms with E-state index >= 15 is 0 Å². The molecular formula is C23H29N3O2. The molecular weight excluding hydrogens is 350 g/mol. The number of hydrogen-bond donors (Lipinski definition) is 2. The minimum atomic E-state index is -0.196. The molecule has 1 aliphatic rings. The first kappa shape index (κ1) is 19.9. The van der Waals surface area contributed by atoms with Crippen molar-refractivity contribution in [3.05, 3.63) is 60.2 Å². The maximum Gasteiger partial charge on any atom is 0.224 e. The number of hydrogen-bond acceptors (Lipinski definition) is 3. The fourth-order valence-electron chi connectivity index (χ4n) is 3.84. The third-order valence-corrected chi connectivity index (χ3v) is 5.61. The van der Waals surface area contributed by atoms with E-state index in [0.717, 1.165) is 43.7 Å². The van der Waals surface area contributed by atoms with Crippen LogP contribution in [0.25, 0.3) is 0 Å². The molecule has 2 amide bonds. The molecule has 0 bridgehead atoms. The minimum absolute atomic E-state index is 0.00839. The number of nitrogens with two attached hydrogens (primary N) is 1. The highest BCUT2D eigenvalue weighted by molar-refractivity contribution is 5.91. The Bertz CT molecular complexity index is 781. The maximum absolute atomic E-state index is 12.5. The molecule has 0 saturated carbocycles. The molecule has 148 valence electrons. The Kier molecular flexibility index (Phi) is 6.69. The zero-order valence-electron chi connectivity index (χ0n) is 16.4. The minimum Gasteiger partial charge on any atom is -0.371 e. The number of piperidine rings is 1. The van der Waals surface area contributed by atoms with Crippen LogP contribution in [0.1, 0.15) is 44.1 Å². The second-order valence-corrected chi connectivity index (χ2v) is 7.48. The Morgan fingerprint density at radius 1 is 1.07 bits per heavy atom. The van der Waals surface area contributed by atoms with E-state index in [1.807, 2.05) is 42.5 Å². The SMILES string of the molecule is CCC(CC(=O)Nc1ccc(N2CCC(C(N)=O)CC2)cc1)c1ccccc1. The highest BCUT2D eigenvalue weighted by Gasteiger charge is 2.23. The maximum atomic E-state index is 12.5. The van der Waals surface area contributed by atoms with Gasteiger partial charge in [-0.05, 0) is 55.0 Å². The van der Waals surface area contributed by atoms with Crippen molar-refractivity contribution >= 4 is 23.2 Å². The molecule has 2 aromatic carbocycles. The molecule has 1 aliphatic heterocycles. The highest BCUT2D eigenvalue weighted by Crippen LogP contribution is 2.26. The van der Waals surface area contributed by atoms with Crippen LogP contribution in [0, 0.1) is 5.92 Å². The smallest absolute Gasteiger partial charge is 0.224 e. The Balaban J connectivity index is 1.54. The lowest BCUT2D eigenvalue weighted by molar-refractivity contribution is -0.122. The first-order chi connectivity index (χ1) is 13.6. The van der Waals surface area contributed by atoms with Gasteiger partial charge < -0.3 is 16.0 Å².